The van der Waals surface area contributed by atoms with E-state index in [1.54, 1.807) is 17.2 Å². The number of hydrogen-bond donors (Lipinski definition) is 2. The fourth-order valence-corrected chi connectivity index (χ4v) is 3.27. The predicted molar refractivity (Wildman–Crippen MR) is 106 cm³/mol. The number of nitrogens with one attached hydrogen (secondary N) is 2. The SMILES string of the molecule is CC(C)c1ccc(COC(=O)N2CCC(CNC(=O)c3ccn[nH]3)CC2)cc1. The van der Waals surface area contributed by atoms with Gasteiger partial charge in [-0.05, 0) is 41.9 Å². The minimum absolute atomic E-state index is 0.150. The molecular weight excluding hydrogens is 356 g/mol. The van der Waals surface area contributed by atoms with Gasteiger partial charge < -0.3 is 15.0 Å². The van der Waals surface area contributed by atoms with Crippen molar-refractivity contribution in [2.45, 2.75) is 39.2 Å². The highest BCUT2D eigenvalue weighted by Crippen LogP contribution is 2.18. The van der Waals surface area contributed by atoms with E-state index in [9.17, 15) is 9.59 Å². The minimum atomic E-state index is -0.270. The smallest absolute Gasteiger partial charge is 0.410 e. The third-order valence-electron chi connectivity index (χ3n) is 5.18. The van der Waals surface area contributed by atoms with E-state index in [-0.39, 0.29) is 18.6 Å². The largest absolute Gasteiger partial charge is 0.445 e. The van der Waals surface area contributed by atoms with Crippen LogP contribution in [-0.2, 0) is 11.3 Å². The van der Waals surface area contributed by atoms with Crippen LogP contribution in [0.2, 0.25) is 0 Å². The summed E-state index contributed by atoms with van der Waals surface area (Å²) >= 11 is 0. The molecular formula is C21H28N4O3. The van der Waals surface area contributed by atoms with Crippen LogP contribution in [0, 0.1) is 5.92 Å². The highest BCUT2D eigenvalue weighted by atomic mass is 16.6. The second kappa shape index (κ2) is 9.39. The standard InChI is InChI=1S/C21H28N4O3/c1-15(2)18-5-3-17(4-6-18)14-28-21(27)25-11-8-16(9-12-25)13-22-20(26)19-7-10-23-24-19/h3-7,10,15-16H,8-9,11-14H2,1-2H3,(H,22,26)(H,23,24). The molecule has 1 aromatic carbocycles. The fourth-order valence-electron chi connectivity index (χ4n) is 3.27. The molecule has 1 saturated heterocycles. The van der Waals surface area contributed by atoms with Gasteiger partial charge in [0.2, 0.25) is 0 Å². The number of ether oxygens (including phenoxy) is 1. The third kappa shape index (κ3) is 5.34. The minimum Gasteiger partial charge on any atom is -0.445 e. The van der Waals surface area contributed by atoms with Crippen molar-refractivity contribution in [2.75, 3.05) is 19.6 Å². The molecule has 0 unspecified atom stereocenters. The number of piperidine rings is 1. The lowest BCUT2D eigenvalue weighted by Crippen LogP contribution is -2.41. The molecule has 1 aromatic heterocycles. The Labute approximate surface area is 165 Å². The predicted octanol–water partition coefficient (Wildman–Crippen LogP) is 3.31. The number of aromatic amines is 1. The average molecular weight is 384 g/mol. The van der Waals surface area contributed by atoms with Crippen molar-refractivity contribution in [3.8, 4) is 0 Å². The van der Waals surface area contributed by atoms with E-state index in [0.717, 1.165) is 18.4 Å². The highest BCUT2D eigenvalue weighted by Gasteiger charge is 2.24. The molecule has 150 valence electrons. The normalized spacial score (nSPS) is 14.9. The van der Waals surface area contributed by atoms with Crippen molar-refractivity contribution in [1.82, 2.24) is 20.4 Å². The number of amides is 2. The quantitative estimate of drug-likeness (QED) is 0.800. The molecule has 0 bridgehead atoms. The van der Waals surface area contributed by atoms with Crippen LogP contribution in [0.1, 0.15) is 54.2 Å². The van der Waals surface area contributed by atoms with Crippen LogP contribution in [-0.4, -0.2) is 46.7 Å². The number of benzene rings is 1. The van der Waals surface area contributed by atoms with Crippen LogP contribution in [0.4, 0.5) is 4.79 Å². The van der Waals surface area contributed by atoms with Gasteiger partial charge in [-0.2, -0.15) is 5.10 Å². The molecule has 0 aliphatic carbocycles. The Balaban J connectivity index is 1.37. The van der Waals surface area contributed by atoms with E-state index in [0.29, 0.717) is 37.2 Å². The summed E-state index contributed by atoms with van der Waals surface area (Å²) in [6.45, 7) is 6.49. The van der Waals surface area contributed by atoms with Crippen LogP contribution in [0.3, 0.4) is 0 Å². The molecule has 2 N–H and O–H groups in total. The summed E-state index contributed by atoms with van der Waals surface area (Å²) < 4.78 is 5.46. The van der Waals surface area contributed by atoms with Crippen molar-refractivity contribution in [1.29, 1.82) is 0 Å². The lowest BCUT2D eigenvalue weighted by molar-refractivity contribution is 0.0800. The Morgan fingerprint density at radius 3 is 2.54 bits per heavy atom. The van der Waals surface area contributed by atoms with Gasteiger partial charge in [-0.3, -0.25) is 9.89 Å². The van der Waals surface area contributed by atoms with Gasteiger partial charge in [0.15, 0.2) is 0 Å². The van der Waals surface area contributed by atoms with Crippen LogP contribution in [0.5, 0.6) is 0 Å². The molecule has 0 radical (unpaired) electrons. The monoisotopic (exact) mass is 384 g/mol. The van der Waals surface area contributed by atoms with Crippen molar-refractivity contribution < 1.29 is 14.3 Å². The van der Waals surface area contributed by atoms with Crippen molar-refractivity contribution in [3.05, 3.63) is 53.3 Å². The first-order valence-electron chi connectivity index (χ1n) is 9.81. The van der Waals surface area contributed by atoms with Crippen molar-refractivity contribution >= 4 is 12.0 Å². The number of nitrogens with zero attached hydrogens (tertiary/aromatic N) is 2. The summed E-state index contributed by atoms with van der Waals surface area (Å²) in [5, 5.41) is 9.34. The lowest BCUT2D eigenvalue weighted by atomic mass is 9.97. The second-order valence-corrected chi connectivity index (χ2v) is 7.56. The number of hydrogen-bond acceptors (Lipinski definition) is 4. The van der Waals surface area contributed by atoms with E-state index in [2.05, 4.69) is 41.5 Å². The Hall–Kier alpha value is -2.83. The summed E-state index contributed by atoms with van der Waals surface area (Å²) in [5.74, 6) is 0.699. The first-order valence-corrected chi connectivity index (χ1v) is 9.81. The first kappa shape index (κ1) is 19.9. The molecule has 2 heterocycles. The lowest BCUT2D eigenvalue weighted by Gasteiger charge is -2.31. The molecule has 0 spiro atoms. The number of carbonyl (C=O) groups excluding carboxylic acids is 2. The van der Waals surface area contributed by atoms with Crippen LogP contribution < -0.4 is 5.32 Å². The maximum atomic E-state index is 12.3. The van der Waals surface area contributed by atoms with E-state index < -0.39 is 0 Å². The topological polar surface area (TPSA) is 87.3 Å². The number of aromatic nitrogens is 2. The molecule has 1 aliphatic rings. The van der Waals surface area contributed by atoms with Gasteiger partial charge in [0, 0.05) is 25.8 Å². The van der Waals surface area contributed by atoms with Crippen LogP contribution in [0.15, 0.2) is 36.5 Å². The molecule has 3 rings (SSSR count). The van der Waals surface area contributed by atoms with Crippen molar-refractivity contribution in [2.24, 2.45) is 5.92 Å². The molecule has 0 saturated carbocycles. The zero-order valence-corrected chi connectivity index (χ0v) is 16.5. The maximum Gasteiger partial charge on any atom is 0.410 e. The Bertz CT molecular complexity index is 763. The number of rotatable bonds is 6. The number of carbonyl (C=O) groups is 2. The zero-order chi connectivity index (χ0) is 19.9. The molecule has 2 aromatic rings. The molecule has 1 aliphatic heterocycles. The molecule has 0 atom stereocenters. The summed E-state index contributed by atoms with van der Waals surface area (Å²) in [7, 11) is 0. The van der Waals surface area contributed by atoms with Gasteiger partial charge in [-0.15, -0.1) is 0 Å². The summed E-state index contributed by atoms with van der Waals surface area (Å²) in [4.78, 5) is 26.0. The molecule has 28 heavy (non-hydrogen) atoms. The molecule has 7 nitrogen and oxygen atoms in total. The van der Waals surface area contributed by atoms with E-state index >= 15 is 0 Å². The van der Waals surface area contributed by atoms with Gasteiger partial charge in [-0.1, -0.05) is 38.1 Å². The van der Waals surface area contributed by atoms with Crippen LogP contribution in [0.25, 0.3) is 0 Å². The zero-order valence-electron chi connectivity index (χ0n) is 16.5. The van der Waals surface area contributed by atoms with Gasteiger partial charge in [0.25, 0.3) is 5.91 Å². The number of likely N-dealkylation sites (tertiary alicyclic amines) is 1. The first-order chi connectivity index (χ1) is 13.5. The van der Waals surface area contributed by atoms with Gasteiger partial charge in [-0.25, -0.2) is 4.79 Å². The Morgan fingerprint density at radius 1 is 1.21 bits per heavy atom. The number of H-pyrrole nitrogens is 1. The Morgan fingerprint density at radius 2 is 1.93 bits per heavy atom. The van der Waals surface area contributed by atoms with E-state index in [1.165, 1.54) is 5.56 Å². The molecule has 7 heteroatoms. The van der Waals surface area contributed by atoms with E-state index in [4.69, 9.17) is 4.74 Å². The average Bonchev–Trinajstić information content (AvgIpc) is 3.26. The van der Waals surface area contributed by atoms with Crippen LogP contribution >= 0.6 is 0 Å². The highest BCUT2D eigenvalue weighted by molar-refractivity contribution is 5.92. The molecule has 1 fully saturated rings. The third-order valence-corrected chi connectivity index (χ3v) is 5.18. The summed E-state index contributed by atoms with van der Waals surface area (Å²) in [5.41, 5.74) is 2.73. The van der Waals surface area contributed by atoms with E-state index in [1.807, 2.05) is 12.1 Å². The van der Waals surface area contributed by atoms with Gasteiger partial charge >= 0.3 is 6.09 Å². The fraction of sp³-hybridized carbons (Fsp3) is 0.476. The van der Waals surface area contributed by atoms with Gasteiger partial charge in [0.1, 0.15) is 12.3 Å². The van der Waals surface area contributed by atoms with Crippen molar-refractivity contribution in [3.63, 3.8) is 0 Å². The summed E-state index contributed by atoms with van der Waals surface area (Å²) in [6, 6.07) is 9.83. The Kier molecular flexibility index (Phi) is 6.68. The molecule has 2 amide bonds. The summed E-state index contributed by atoms with van der Waals surface area (Å²) in [6.07, 6.45) is 2.98. The van der Waals surface area contributed by atoms with Gasteiger partial charge in [0.05, 0.1) is 0 Å². The second-order valence-electron chi connectivity index (χ2n) is 7.56. The maximum absolute atomic E-state index is 12.3.